The Morgan fingerprint density at radius 3 is 2.50 bits per heavy atom. The molecule has 0 radical (unpaired) electrons. The Morgan fingerprint density at radius 1 is 1.28 bits per heavy atom. The van der Waals surface area contributed by atoms with Gasteiger partial charge in [0.05, 0.1) is 12.3 Å². The minimum atomic E-state index is -2.92. The van der Waals surface area contributed by atoms with Crippen molar-refractivity contribution >= 4 is 15.8 Å². The van der Waals surface area contributed by atoms with Gasteiger partial charge in [0, 0.05) is 18.3 Å². The first-order valence-electron chi connectivity index (χ1n) is 6.82. The van der Waals surface area contributed by atoms with Gasteiger partial charge in [0.15, 0.2) is 15.8 Å². The van der Waals surface area contributed by atoms with Crippen LogP contribution < -0.4 is 10.6 Å². The Hall–Kier alpha value is -0.780. The van der Waals surface area contributed by atoms with E-state index in [1.807, 2.05) is 6.92 Å². The highest BCUT2D eigenvalue weighted by Crippen LogP contribution is 2.17. The van der Waals surface area contributed by atoms with E-state index in [9.17, 15) is 8.42 Å². The predicted octanol–water partition coefficient (Wildman–Crippen LogP) is 0.919. The second-order valence-electron chi connectivity index (χ2n) is 4.62. The fourth-order valence-electron chi connectivity index (χ4n) is 2.02. The van der Waals surface area contributed by atoms with Crippen LogP contribution in [0.4, 0.5) is 0 Å². The van der Waals surface area contributed by atoms with Gasteiger partial charge >= 0.3 is 0 Å². The van der Waals surface area contributed by atoms with Gasteiger partial charge in [0.1, 0.15) is 0 Å². The number of aliphatic imine (C=N–C) groups is 1. The van der Waals surface area contributed by atoms with Gasteiger partial charge in [-0.25, -0.2) is 8.42 Å². The Balaban J connectivity index is 2.44. The van der Waals surface area contributed by atoms with Gasteiger partial charge in [-0.2, -0.15) is 0 Å². The van der Waals surface area contributed by atoms with Crippen molar-refractivity contribution in [2.75, 3.05) is 24.6 Å². The summed E-state index contributed by atoms with van der Waals surface area (Å²) in [6, 6.07) is 0.491. The average Bonchev–Trinajstić information content (AvgIpc) is 2.82. The van der Waals surface area contributed by atoms with E-state index in [1.54, 1.807) is 6.92 Å². The van der Waals surface area contributed by atoms with Crippen LogP contribution in [0.5, 0.6) is 0 Å². The monoisotopic (exact) mass is 275 g/mol. The minimum Gasteiger partial charge on any atom is -0.357 e. The lowest BCUT2D eigenvalue weighted by atomic mass is 10.2. The van der Waals surface area contributed by atoms with Gasteiger partial charge in [-0.1, -0.05) is 19.8 Å². The van der Waals surface area contributed by atoms with Crippen LogP contribution in [-0.2, 0) is 9.84 Å². The zero-order valence-electron chi connectivity index (χ0n) is 11.4. The molecule has 1 saturated carbocycles. The Bertz CT molecular complexity index is 360. The van der Waals surface area contributed by atoms with E-state index in [4.69, 9.17) is 0 Å². The molecule has 0 spiro atoms. The normalized spacial score (nSPS) is 18.0. The minimum absolute atomic E-state index is 0.130. The molecule has 0 aliphatic heterocycles. The van der Waals surface area contributed by atoms with Crippen molar-refractivity contribution in [2.24, 2.45) is 4.99 Å². The number of hydrogen-bond donors (Lipinski definition) is 2. The van der Waals surface area contributed by atoms with E-state index in [2.05, 4.69) is 15.6 Å². The molecule has 1 aliphatic carbocycles. The van der Waals surface area contributed by atoms with Crippen molar-refractivity contribution in [2.45, 2.75) is 45.6 Å². The molecular formula is C12H25N3O2S. The molecule has 1 fully saturated rings. The number of nitrogens with one attached hydrogen (secondary N) is 2. The molecule has 0 amide bonds. The molecule has 6 heteroatoms. The summed E-state index contributed by atoms with van der Waals surface area (Å²) in [5, 5.41) is 6.52. The number of nitrogens with zero attached hydrogens (tertiary/aromatic N) is 1. The number of hydrogen-bond acceptors (Lipinski definition) is 3. The molecule has 1 aliphatic rings. The van der Waals surface area contributed by atoms with Crippen molar-refractivity contribution < 1.29 is 8.42 Å². The molecule has 0 heterocycles. The van der Waals surface area contributed by atoms with Gasteiger partial charge in [-0.3, -0.25) is 4.99 Å². The third-order valence-electron chi connectivity index (χ3n) is 3.15. The van der Waals surface area contributed by atoms with E-state index >= 15 is 0 Å². The summed E-state index contributed by atoms with van der Waals surface area (Å²) >= 11 is 0. The van der Waals surface area contributed by atoms with Crippen molar-refractivity contribution in [1.82, 2.24) is 10.6 Å². The zero-order valence-corrected chi connectivity index (χ0v) is 12.2. The standard InChI is InChI=1S/C12H25N3O2S/c1-3-13-12(15-11-7-5-6-8-11)14-9-10-18(16,17)4-2/h11H,3-10H2,1-2H3,(H2,13,14,15). The summed E-state index contributed by atoms with van der Waals surface area (Å²) in [6.07, 6.45) is 4.89. The maximum atomic E-state index is 11.4. The van der Waals surface area contributed by atoms with Gasteiger partial charge in [0.25, 0.3) is 0 Å². The van der Waals surface area contributed by atoms with Crippen LogP contribution >= 0.6 is 0 Å². The number of guanidine groups is 1. The van der Waals surface area contributed by atoms with Gasteiger partial charge in [-0.05, 0) is 19.8 Å². The first-order valence-corrected chi connectivity index (χ1v) is 8.64. The van der Waals surface area contributed by atoms with E-state index in [0.29, 0.717) is 12.6 Å². The molecular weight excluding hydrogens is 250 g/mol. The van der Waals surface area contributed by atoms with Crippen LogP contribution in [0.25, 0.3) is 0 Å². The summed E-state index contributed by atoms with van der Waals surface area (Å²) in [4.78, 5) is 4.33. The first kappa shape index (κ1) is 15.3. The number of sulfone groups is 1. The molecule has 0 unspecified atom stereocenters. The molecule has 5 nitrogen and oxygen atoms in total. The zero-order chi connectivity index (χ0) is 13.4. The molecule has 0 aromatic heterocycles. The lowest BCUT2D eigenvalue weighted by Gasteiger charge is -2.16. The lowest BCUT2D eigenvalue weighted by molar-refractivity contribution is 0.596. The largest absolute Gasteiger partial charge is 0.357 e. The van der Waals surface area contributed by atoms with Crippen LogP contribution in [0.3, 0.4) is 0 Å². The molecule has 1 rings (SSSR count). The third kappa shape index (κ3) is 5.71. The van der Waals surface area contributed by atoms with Gasteiger partial charge in [-0.15, -0.1) is 0 Å². The summed E-state index contributed by atoms with van der Waals surface area (Å²) in [7, 11) is -2.92. The van der Waals surface area contributed by atoms with E-state index < -0.39 is 9.84 Å². The maximum absolute atomic E-state index is 11.4. The Morgan fingerprint density at radius 2 is 1.94 bits per heavy atom. The Kier molecular flexibility index (Phi) is 6.46. The summed E-state index contributed by atoms with van der Waals surface area (Å²) in [5.41, 5.74) is 0. The second kappa shape index (κ2) is 7.61. The average molecular weight is 275 g/mol. The van der Waals surface area contributed by atoms with Gasteiger partial charge in [0.2, 0.25) is 0 Å². The van der Waals surface area contributed by atoms with Crippen LogP contribution in [0, 0.1) is 0 Å². The first-order chi connectivity index (χ1) is 8.57. The molecule has 18 heavy (non-hydrogen) atoms. The SMILES string of the molecule is CCNC(=NCCS(=O)(=O)CC)NC1CCCC1. The van der Waals surface area contributed by atoms with Crippen molar-refractivity contribution in [3.05, 3.63) is 0 Å². The number of rotatable bonds is 6. The molecule has 2 N–H and O–H groups in total. The van der Waals surface area contributed by atoms with Crippen LogP contribution in [0.1, 0.15) is 39.5 Å². The quantitative estimate of drug-likeness (QED) is 0.558. The van der Waals surface area contributed by atoms with E-state index in [1.165, 1.54) is 25.7 Å². The molecule has 0 atom stereocenters. The molecule has 106 valence electrons. The topological polar surface area (TPSA) is 70.6 Å². The van der Waals surface area contributed by atoms with Crippen molar-refractivity contribution in [3.63, 3.8) is 0 Å². The van der Waals surface area contributed by atoms with Crippen LogP contribution in [0.15, 0.2) is 4.99 Å². The van der Waals surface area contributed by atoms with Crippen LogP contribution in [-0.4, -0.2) is 45.0 Å². The van der Waals surface area contributed by atoms with Crippen molar-refractivity contribution in [3.8, 4) is 0 Å². The van der Waals surface area contributed by atoms with E-state index in [0.717, 1.165) is 12.5 Å². The lowest BCUT2D eigenvalue weighted by Crippen LogP contribution is -2.42. The fourth-order valence-corrected chi connectivity index (χ4v) is 2.68. The maximum Gasteiger partial charge on any atom is 0.191 e. The summed E-state index contributed by atoms with van der Waals surface area (Å²) in [6.45, 7) is 4.80. The van der Waals surface area contributed by atoms with Gasteiger partial charge < -0.3 is 10.6 Å². The highest BCUT2D eigenvalue weighted by molar-refractivity contribution is 7.91. The second-order valence-corrected chi connectivity index (χ2v) is 7.10. The summed E-state index contributed by atoms with van der Waals surface area (Å²) in [5.74, 6) is 1.07. The Labute approximate surface area is 110 Å². The van der Waals surface area contributed by atoms with E-state index in [-0.39, 0.29) is 11.5 Å². The highest BCUT2D eigenvalue weighted by atomic mass is 32.2. The predicted molar refractivity (Wildman–Crippen MR) is 75.7 cm³/mol. The van der Waals surface area contributed by atoms with Crippen molar-refractivity contribution in [1.29, 1.82) is 0 Å². The molecule has 0 aromatic carbocycles. The van der Waals surface area contributed by atoms with Crippen LogP contribution in [0.2, 0.25) is 0 Å². The molecule has 0 aromatic rings. The molecule has 0 bridgehead atoms. The fraction of sp³-hybridized carbons (Fsp3) is 0.917. The molecule has 0 saturated heterocycles. The highest BCUT2D eigenvalue weighted by Gasteiger charge is 2.15. The smallest absolute Gasteiger partial charge is 0.191 e. The summed E-state index contributed by atoms with van der Waals surface area (Å²) < 4.78 is 22.7. The third-order valence-corrected chi connectivity index (χ3v) is 4.84.